The number of halogens is 1. The Bertz CT molecular complexity index is 574. The van der Waals surface area contributed by atoms with E-state index in [0.717, 1.165) is 18.2 Å². The average Bonchev–Trinajstić information content (AvgIpc) is 2.38. The minimum Gasteiger partial charge on any atom is -0.460 e. The highest BCUT2D eigenvalue weighted by atomic mass is 19.1. The molecule has 19 heavy (non-hydrogen) atoms. The fourth-order valence-electron chi connectivity index (χ4n) is 1.35. The van der Waals surface area contributed by atoms with Crippen molar-refractivity contribution in [2.75, 3.05) is 6.61 Å². The highest BCUT2D eigenvalue weighted by molar-refractivity contribution is 6.38. The molecule has 0 aliphatic rings. The van der Waals surface area contributed by atoms with E-state index in [1.54, 1.807) is 6.07 Å². The lowest BCUT2D eigenvalue weighted by Crippen LogP contribution is -2.20. The van der Waals surface area contributed by atoms with Gasteiger partial charge in [0.05, 0.1) is 24.7 Å². The van der Waals surface area contributed by atoms with Crippen molar-refractivity contribution >= 4 is 17.5 Å². The van der Waals surface area contributed by atoms with Gasteiger partial charge in [0.1, 0.15) is 5.82 Å². The average molecular weight is 263 g/mol. The molecule has 6 heteroatoms. The van der Waals surface area contributed by atoms with E-state index in [0.29, 0.717) is 0 Å². The summed E-state index contributed by atoms with van der Waals surface area (Å²) >= 11 is 0. The van der Waals surface area contributed by atoms with E-state index in [4.69, 9.17) is 5.26 Å². The summed E-state index contributed by atoms with van der Waals surface area (Å²) < 4.78 is 17.6. The summed E-state index contributed by atoms with van der Waals surface area (Å²) in [5.74, 6) is -3.61. The lowest BCUT2D eigenvalue weighted by molar-refractivity contribution is -0.153. The van der Waals surface area contributed by atoms with Crippen LogP contribution >= 0.6 is 0 Å². The second-order valence-corrected chi connectivity index (χ2v) is 3.58. The number of nitrogens with zero attached hydrogens (tertiary/aromatic N) is 1. The van der Waals surface area contributed by atoms with Crippen molar-refractivity contribution in [2.24, 2.45) is 0 Å². The summed E-state index contributed by atoms with van der Waals surface area (Å²) in [5, 5.41) is 8.64. The van der Waals surface area contributed by atoms with Gasteiger partial charge in [-0.15, -0.1) is 0 Å². The van der Waals surface area contributed by atoms with Crippen molar-refractivity contribution in [3.63, 3.8) is 0 Å². The second-order valence-electron chi connectivity index (χ2n) is 3.58. The fraction of sp³-hybridized carbons (Fsp3) is 0.231. The summed E-state index contributed by atoms with van der Waals surface area (Å²) in [7, 11) is 0. The Morgan fingerprint density at radius 3 is 2.58 bits per heavy atom. The number of Topliss-reactive ketones (excluding diaryl/α,β-unsaturated/α-hetero) is 2. The first-order valence-corrected chi connectivity index (χ1v) is 5.41. The van der Waals surface area contributed by atoms with Gasteiger partial charge in [0.25, 0.3) is 0 Å². The number of carbonyl (C=O) groups is 3. The molecule has 0 bridgehead atoms. The van der Waals surface area contributed by atoms with Crippen LogP contribution in [0.3, 0.4) is 0 Å². The van der Waals surface area contributed by atoms with Gasteiger partial charge in [-0.3, -0.25) is 9.59 Å². The number of ether oxygens (including phenoxy) is 1. The fourth-order valence-corrected chi connectivity index (χ4v) is 1.35. The molecule has 0 fully saturated rings. The number of benzene rings is 1. The minimum absolute atomic E-state index is 0.0251. The van der Waals surface area contributed by atoms with Gasteiger partial charge in [-0.2, -0.15) is 5.26 Å². The smallest absolute Gasteiger partial charge is 0.375 e. The van der Waals surface area contributed by atoms with E-state index in [2.05, 4.69) is 4.74 Å². The molecule has 0 N–H and O–H groups in total. The van der Waals surface area contributed by atoms with Crippen LogP contribution in [0.15, 0.2) is 18.2 Å². The standard InChI is InChI=1S/C13H10FNO4/c1-2-19-13(18)12(17)6-11(16)9-3-8(7-15)4-10(14)5-9/h3-5H,2,6H2,1H3. The molecule has 1 aromatic carbocycles. The van der Waals surface area contributed by atoms with Crippen molar-refractivity contribution in [3.8, 4) is 6.07 Å². The van der Waals surface area contributed by atoms with Gasteiger partial charge in [0, 0.05) is 5.56 Å². The molecule has 0 aliphatic heterocycles. The molecule has 0 heterocycles. The third kappa shape index (κ3) is 4.00. The molecule has 0 aromatic heterocycles. The largest absolute Gasteiger partial charge is 0.460 e. The van der Waals surface area contributed by atoms with Crippen LogP contribution < -0.4 is 0 Å². The monoisotopic (exact) mass is 263 g/mol. The number of carbonyl (C=O) groups excluding carboxylic acids is 3. The molecule has 0 unspecified atom stereocenters. The van der Waals surface area contributed by atoms with Gasteiger partial charge >= 0.3 is 5.97 Å². The lowest BCUT2D eigenvalue weighted by atomic mass is 10.0. The van der Waals surface area contributed by atoms with Crippen LogP contribution in [-0.4, -0.2) is 24.1 Å². The lowest BCUT2D eigenvalue weighted by Gasteiger charge is -2.02. The predicted octanol–water partition coefficient (Wildman–Crippen LogP) is 1.40. The van der Waals surface area contributed by atoms with Gasteiger partial charge in [-0.25, -0.2) is 9.18 Å². The first-order valence-electron chi connectivity index (χ1n) is 5.41. The van der Waals surface area contributed by atoms with Gasteiger partial charge in [0.15, 0.2) is 5.78 Å². The normalized spacial score (nSPS) is 9.53. The van der Waals surface area contributed by atoms with Crippen LogP contribution in [0, 0.1) is 17.1 Å². The van der Waals surface area contributed by atoms with Crippen molar-refractivity contribution in [2.45, 2.75) is 13.3 Å². The van der Waals surface area contributed by atoms with Crippen LogP contribution in [0.4, 0.5) is 4.39 Å². The molecule has 0 saturated heterocycles. The highest BCUT2D eigenvalue weighted by Gasteiger charge is 2.20. The molecule has 98 valence electrons. The van der Waals surface area contributed by atoms with Crippen molar-refractivity contribution in [3.05, 3.63) is 35.1 Å². The molecule has 0 saturated carbocycles. The van der Waals surface area contributed by atoms with Gasteiger partial charge in [-0.1, -0.05) is 0 Å². The zero-order valence-corrected chi connectivity index (χ0v) is 10.1. The van der Waals surface area contributed by atoms with Gasteiger partial charge in [-0.05, 0) is 25.1 Å². The van der Waals surface area contributed by atoms with Crippen molar-refractivity contribution < 1.29 is 23.5 Å². The van der Waals surface area contributed by atoms with Crippen LogP contribution in [0.25, 0.3) is 0 Å². The third-order valence-electron chi connectivity index (χ3n) is 2.17. The maximum Gasteiger partial charge on any atom is 0.375 e. The summed E-state index contributed by atoms with van der Waals surface area (Å²) in [5.41, 5.74) is -0.166. The Hall–Kier alpha value is -2.55. The predicted molar refractivity (Wildman–Crippen MR) is 61.7 cm³/mol. The molecule has 0 amide bonds. The van der Waals surface area contributed by atoms with Crippen LogP contribution in [0.5, 0.6) is 0 Å². The molecular weight excluding hydrogens is 253 g/mol. The number of hydrogen-bond acceptors (Lipinski definition) is 5. The van der Waals surface area contributed by atoms with E-state index in [-0.39, 0.29) is 17.7 Å². The summed E-state index contributed by atoms with van der Waals surface area (Å²) in [6, 6.07) is 4.71. The first-order chi connectivity index (χ1) is 8.97. The Balaban J connectivity index is 2.85. The quantitative estimate of drug-likeness (QED) is 0.347. The molecule has 1 rings (SSSR count). The van der Waals surface area contributed by atoms with Crippen LogP contribution in [-0.2, 0) is 14.3 Å². The van der Waals surface area contributed by atoms with Crippen LogP contribution in [0.1, 0.15) is 29.3 Å². The molecule has 0 atom stereocenters. The Labute approximate surface area is 108 Å². The third-order valence-corrected chi connectivity index (χ3v) is 2.17. The number of esters is 1. The maximum absolute atomic E-state index is 13.1. The van der Waals surface area contributed by atoms with E-state index in [1.165, 1.54) is 6.92 Å². The Kier molecular flexibility index (Phi) is 4.89. The molecule has 0 aliphatic carbocycles. The number of nitriles is 1. The number of ketones is 2. The summed E-state index contributed by atoms with van der Waals surface area (Å²) in [4.78, 5) is 34.0. The molecule has 1 aromatic rings. The van der Waals surface area contributed by atoms with Gasteiger partial charge in [0.2, 0.25) is 5.78 Å². The zero-order chi connectivity index (χ0) is 14.4. The SMILES string of the molecule is CCOC(=O)C(=O)CC(=O)c1cc(F)cc(C#N)c1. The number of hydrogen-bond donors (Lipinski definition) is 0. The van der Waals surface area contributed by atoms with E-state index in [1.807, 2.05) is 0 Å². The number of rotatable bonds is 5. The van der Waals surface area contributed by atoms with Gasteiger partial charge < -0.3 is 4.74 Å². The first kappa shape index (κ1) is 14.5. The van der Waals surface area contributed by atoms with Crippen molar-refractivity contribution in [1.29, 1.82) is 5.26 Å². The zero-order valence-electron chi connectivity index (χ0n) is 10.1. The Morgan fingerprint density at radius 1 is 1.32 bits per heavy atom. The Morgan fingerprint density at radius 2 is 2.00 bits per heavy atom. The van der Waals surface area contributed by atoms with Crippen molar-refractivity contribution in [1.82, 2.24) is 0 Å². The highest BCUT2D eigenvalue weighted by Crippen LogP contribution is 2.11. The summed E-state index contributed by atoms with van der Waals surface area (Å²) in [6.45, 7) is 1.55. The summed E-state index contributed by atoms with van der Waals surface area (Å²) in [6.07, 6.45) is -0.715. The maximum atomic E-state index is 13.1. The molecule has 0 radical (unpaired) electrons. The van der Waals surface area contributed by atoms with E-state index in [9.17, 15) is 18.8 Å². The molecular formula is C13H10FNO4. The van der Waals surface area contributed by atoms with E-state index < -0.39 is 29.8 Å². The second kappa shape index (κ2) is 6.40. The molecule has 0 spiro atoms. The van der Waals surface area contributed by atoms with E-state index >= 15 is 0 Å². The molecule has 5 nitrogen and oxygen atoms in total. The minimum atomic E-state index is -1.10. The topological polar surface area (TPSA) is 84.2 Å². The van der Waals surface area contributed by atoms with Crippen LogP contribution in [0.2, 0.25) is 0 Å².